The van der Waals surface area contributed by atoms with Crippen LogP contribution >= 0.6 is 0 Å². The van der Waals surface area contributed by atoms with Gasteiger partial charge >= 0.3 is 0 Å². The molecule has 3 nitrogen and oxygen atoms in total. The third-order valence-electron chi connectivity index (χ3n) is 2.87. The molecule has 3 N–H and O–H groups in total. The van der Waals surface area contributed by atoms with Crippen LogP contribution in [-0.4, -0.2) is 13.2 Å². The van der Waals surface area contributed by atoms with Crippen LogP contribution in [0.1, 0.15) is 37.4 Å². The van der Waals surface area contributed by atoms with Crippen LogP contribution in [0.5, 0.6) is 0 Å². The molecule has 0 amide bonds. The van der Waals surface area contributed by atoms with E-state index in [1.54, 1.807) is 7.11 Å². The molecule has 3 heteroatoms. The summed E-state index contributed by atoms with van der Waals surface area (Å²) in [5.41, 5.74) is 5.35. The highest BCUT2D eigenvalue weighted by atomic mass is 16.5. The molecule has 0 aliphatic heterocycles. The average molecular weight is 222 g/mol. The third-order valence-corrected chi connectivity index (χ3v) is 2.87. The van der Waals surface area contributed by atoms with Gasteiger partial charge in [0.15, 0.2) is 0 Å². The highest BCUT2D eigenvalue weighted by molar-refractivity contribution is 5.26. The number of nitrogens with two attached hydrogens (primary N) is 1. The van der Waals surface area contributed by atoms with Crippen molar-refractivity contribution in [3.05, 3.63) is 35.4 Å². The molecule has 1 rings (SSSR count). The van der Waals surface area contributed by atoms with Gasteiger partial charge in [-0.25, -0.2) is 0 Å². The Balaban J connectivity index is 2.87. The minimum Gasteiger partial charge on any atom is -0.380 e. The smallest absolute Gasteiger partial charge is 0.0750 e. The summed E-state index contributed by atoms with van der Waals surface area (Å²) in [7, 11) is 1.70. The van der Waals surface area contributed by atoms with Crippen molar-refractivity contribution in [3.8, 4) is 0 Å². The molecular formula is C13H22N2O. The van der Waals surface area contributed by atoms with Crippen LogP contribution in [0.25, 0.3) is 0 Å². The average Bonchev–Trinajstić information content (AvgIpc) is 2.31. The number of methoxy groups -OCH3 is 1. The Morgan fingerprint density at radius 2 is 2.19 bits per heavy atom. The second kappa shape index (κ2) is 6.63. The normalized spacial score (nSPS) is 14.8. The second-order valence-corrected chi connectivity index (χ2v) is 4.08. The van der Waals surface area contributed by atoms with E-state index in [0.29, 0.717) is 0 Å². The highest BCUT2D eigenvalue weighted by Gasteiger charge is 2.17. The molecule has 90 valence electrons. The molecule has 0 heterocycles. The van der Waals surface area contributed by atoms with E-state index in [1.807, 2.05) is 6.92 Å². The van der Waals surface area contributed by atoms with Gasteiger partial charge in [0.25, 0.3) is 0 Å². The van der Waals surface area contributed by atoms with E-state index < -0.39 is 0 Å². The number of rotatable bonds is 6. The first-order chi connectivity index (χ1) is 7.72. The Morgan fingerprint density at radius 1 is 1.44 bits per heavy atom. The molecular weight excluding hydrogens is 200 g/mol. The van der Waals surface area contributed by atoms with Gasteiger partial charge in [-0.2, -0.15) is 0 Å². The highest BCUT2D eigenvalue weighted by Crippen LogP contribution is 2.19. The monoisotopic (exact) mass is 222 g/mol. The van der Waals surface area contributed by atoms with Crippen molar-refractivity contribution < 1.29 is 4.74 Å². The first-order valence-corrected chi connectivity index (χ1v) is 5.80. The van der Waals surface area contributed by atoms with Crippen LogP contribution in [-0.2, 0) is 11.2 Å². The summed E-state index contributed by atoms with van der Waals surface area (Å²) in [4.78, 5) is 0. The predicted octanol–water partition coefficient (Wildman–Crippen LogP) is 2.18. The summed E-state index contributed by atoms with van der Waals surface area (Å²) in [5, 5.41) is 0. The summed E-state index contributed by atoms with van der Waals surface area (Å²) in [6, 6.07) is 8.55. The van der Waals surface area contributed by atoms with Gasteiger partial charge in [-0.05, 0) is 24.5 Å². The second-order valence-electron chi connectivity index (χ2n) is 4.08. The number of hydrogen-bond acceptors (Lipinski definition) is 3. The van der Waals surface area contributed by atoms with Crippen LogP contribution < -0.4 is 11.3 Å². The lowest BCUT2D eigenvalue weighted by atomic mass is 9.99. The summed E-state index contributed by atoms with van der Waals surface area (Å²) in [5.74, 6) is 5.58. The lowest BCUT2D eigenvalue weighted by molar-refractivity contribution is 0.0830. The maximum atomic E-state index is 5.58. The minimum atomic E-state index is 0.0433. The van der Waals surface area contributed by atoms with Gasteiger partial charge in [0.2, 0.25) is 0 Å². The van der Waals surface area contributed by atoms with Gasteiger partial charge < -0.3 is 4.74 Å². The standard InChI is InChI=1S/C13H22N2O/c1-4-6-11-7-5-8-12(9-11)13(15-14)10(2)16-3/h5,7-10,13,15H,4,6,14H2,1-3H3. The first kappa shape index (κ1) is 13.2. The van der Waals surface area contributed by atoms with Crippen molar-refractivity contribution in [2.45, 2.75) is 38.8 Å². The van der Waals surface area contributed by atoms with E-state index in [2.05, 4.69) is 36.6 Å². The Labute approximate surface area is 98.0 Å². The number of aryl methyl sites for hydroxylation is 1. The molecule has 0 aliphatic carbocycles. The van der Waals surface area contributed by atoms with Crippen molar-refractivity contribution in [2.75, 3.05) is 7.11 Å². The SMILES string of the molecule is CCCc1cccc(C(NN)C(C)OC)c1. The van der Waals surface area contributed by atoms with E-state index in [-0.39, 0.29) is 12.1 Å². The Kier molecular flexibility index (Phi) is 5.46. The van der Waals surface area contributed by atoms with Crippen molar-refractivity contribution >= 4 is 0 Å². The molecule has 2 atom stereocenters. The van der Waals surface area contributed by atoms with Crippen molar-refractivity contribution in [1.82, 2.24) is 5.43 Å². The molecule has 16 heavy (non-hydrogen) atoms. The fourth-order valence-electron chi connectivity index (χ4n) is 1.87. The molecule has 0 saturated carbocycles. The summed E-state index contributed by atoms with van der Waals surface area (Å²) >= 11 is 0. The van der Waals surface area contributed by atoms with E-state index in [9.17, 15) is 0 Å². The number of ether oxygens (including phenoxy) is 1. The summed E-state index contributed by atoms with van der Waals surface area (Å²) in [6.45, 7) is 4.19. The molecule has 0 saturated heterocycles. The fraction of sp³-hybridized carbons (Fsp3) is 0.538. The van der Waals surface area contributed by atoms with Crippen molar-refractivity contribution in [3.63, 3.8) is 0 Å². The number of benzene rings is 1. The van der Waals surface area contributed by atoms with Crippen LogP contribution in [0.4, 0.5) is 0 Å². The van der Waals surface area contributed by atoms with Crippen LogP contribution in [0.15, 0.2) is 24.3 Å². The third kappa shape index (κ3) is 3.30. The van der Waals surface area contributed by atoms with Crippen molar-refractivity contribution in [1.29, 1.82) is 0 Å². The maximum absolute atomic E-state index is 5.58. The van der Waals surface area contributed by atoms with Gasteiger partial charge in [0.1, 0.15) is 0 Å². The molecule has 0 aliphatic rings. The number of hydrazine groups is 1. The molecule has 2 unspecified atom stereocenters. The topological polar surface area (TPSA) is 47.3 Å². The van der Waals surface area contributed by atoms with Crippen LogP contribution in [0, 0.1) is 0 Å². The molecule has 0 aromatic heterocycles. The Morgan fingerprint density at radius 3 is 2.75 bits per heavy atom. The Bertz CT molecular complexity index is 315. The number of nitrogens with one attached hydrogen (secondary N) is 1. The molecule has 0 radical (unpaired) electrons. The summed E-state index contributed by atoms with van der Waals surface area (Å²) in [6.07, 6.45) is 2.32. The van der Waals surface area contributed by atoms with Crippen LogP contribution in [0.2, 0.25) is 0 Å². The van der Waals surface area contributed by atoms with Gasteiger partial charge in [-0.15, -0.1) is 0 Å². The van der Waals surface area contributed by atoms with E-state index in [0.717, 1.165) is 12.8 Å². The molecule has 0 spiro atoms. The molecule has 0 fully saturated rings. The fourth-order valence-corrected chi connectivity index (χ4v) is 1.87. The molecule has 0 bridgehead atoms. The largest absolute Gasteiger partial charge is 0.380 e. The van der Waals surface area contributed by atoms with Gasteiger partial charge in [0.05, 0.1) is 12.1 Å². The molecule has 1 aromatic carbocycles. The predicted molar refractivity (Wildman–Crippen MR) is 67.0 cm³/mol. The van der Waals surface area contributed by atoms with Crippen LogP contribution in [0.3, 0.4) is 0 Å². The number of hydrogen-bond donors (Lipinski definition) is 2. The van der Waals surface area contributed by atoms with Gasteiger partial charge in [-0.3, -0.25) is 11.3 Å². The zero-order valence-electron chi connectivity index (χ0n) is 10.4. The lowest BCUT2D eigenvalue weighted by Gasteiger charge is -2.22. The van der Waals surface area contributed by atoms with E-state index in [1.165, 1.54) is 11.1 Å². The Hall–Kier alpha value is -0.900. The summed E-state index contributed by atoms with van der Waals surface area (Å²) < 4.78 is 5.31. The van der Waals surface area contributed by atoms with Gasteiger partial charge in [0, 0.05) is 7.11 Å². The quantitative estimate of drug-likeness (QED) is 0.573. The zero-order chi connectivity index (χ0) is 12.0. The van der Waals surface area contributed by atoms with Crippen molar-refractivity contribution in [2.24, 2.45) is 5.84 Å². The molecule has 1 aromatic rings. The van der Waals surface area contributed by atoms with E-state index >= 15 is 0 Å². The first-order valence-electron chi connectivity index (χ1n) is 5.80. The minimum absolute atomic E-state index is 0.0433. The lowest BCUT2D eigenvalue weighted by Crippen LogP contribution is -2.36. The zero-order valence-corrected chi connectivity index (χ0v) is 10.4. The van der Waals surface area contributed by atoms with Gasteiger partial charge in [-0.1, -0.05) is 37.6 Å². The van der Waals surface area contributed by atoms with E-state index in [4.69, 9.17) is 10.6 Å². The maximum Gasteiger partial charge on any atom is 0.0750 e.